The van der Waals surface area contributed by atoms with E-state index in [2.05, 4.69) is 15.5 Å². The standard InChI is InChI=1S/C22H28N4O3/c27-20(12-16-6-2-1-3-7-16)26-10-4-9-19(26)22(28)23-13-17-8-5-11-29-21(17)18-14-24-25-15-18/h1-3,6-7,14-15,17,19,21H,4-5,8-13H2,(H,23,28)(H,24,25)/t17-,19?,21+/m0/s1. The van der Waals surface area contributed by atoms with Crippen LogP contribution < -0.4 is 5.32 Å². The highest BCUT2D eigenvalue weighted by atomic mass is 16.5. The van der Waals surface area contributed by atoms with Gasteiger partial charge in [-0.25, -0.2) is 0 Å². The average Bonchev–Trinajstić information content (AvgIpc) is 3.45. The zero-order valence-electron chi connectivity index (χ0n) is 16.5. The lowest BCUT2D eigenvalue weighted by molar-refractivity contribution is -0.138. The minimum absolute atomic E-state index is 0.0196. The number of likely N-dealkylation sites (tertiary alicyclic amines) is 1. The summed E-state index contributed by atoms with van der Waals surface area (Å²) in [7, 11) is 0. The van der Waals surface area contributed by atoms with Crippen LogP contribution in [0.2, 0.25) is 0 Å². The topological polar surface area (TPSA) is 87.3 Å². The average molecular weight is 396 g/mol. The Balaban J connectivity index is 1.34. The van der Waals surface area contributed by atoms with Crippen molar-refractivity contribution >= 4 is 11.8 Å². The number of carbonyl (C=O) groups is 2. The zero-order chi connectivity index (χ0) is 20.1. The van der Waals surface area contributed by atoms with Crippen molar-refractivity contribution in [3.8, 4) is 0 Å². The smallest absolute Gasteiger partial charge is 0.242 e. The van der Waals surface area contributed by atoms with E-state index in [4.69, 9.17) is 4.74 Å². The first kappa shape index (κ1) is 19.6. The van der Waals surface area contributed by atoms with Crippen LogP contribution in [0, 0.1) is 5.92 Å². The number of ether oxygens (including phenoxy) is 1. The van der Waals surface area contributed by atoms with E-state index in [0.29, 0.717) is 19.5 Å². The second kappa shape index (κ2) is 9.22. The Morgan fingerprint density at radius 2 is 2.07 bits per heavy atom. The molecule has 2 aliphatic rings. The number of aromatic amines is 1. The van der Waals surface area contributed by atoms with Gasteiger partial charge in [-0.05, 0) is 31.2 Å². The number of rotatable bonds is 6. The molecule has 2 fully saturated rings. The Kier molecular flexibility index (Phi) is 6.24. The van der Waals surface area contributed by atoms with Crippen molar-refractivity contribution in [2.75, 3.05) is 19.7 Å². The molecule has 0 bridgehead atoms. The summed E-state index contributed by atoms with van der Waals surface area (Å²) < 4.78 is 5.94. The fourth-order valence-electron chi connectivity index (χ4n) is 4.40. The van der Waals surface area contributed by atoms with E-state index < -0.39 is 0 Å². The van der Waals surface area contributed by atoms with Gasteiger partial charge in [0.2, 0.25) is 11.8 Å². The lowest BCUT2D eigenvalue weighted by Gasteiger charge is -2.32. The fourth-order valence-corrected chi connectivity index (χ4v) is 4.40. The van der Waals surface area contributed by atoms with E-state index >= 15 is 0 Å². The van der Waals surface area contributed by atoms with Gasteiger partial charge in [-0.3, -0.25) is 14.7 Å². The van der Waals surface area contributed by atoms with Crippen molar-refractivity contribution in [2.45, 2.75) is 44.2 Å². The Hall–Kier alpha value is -2.67. The molecule has 0 saturated carbocycles. The number of nitrogens with zero attached hydrogens (tertiary/aromatic N) is 2. The van der Waals surface area contributed by atoms with E-state index in [-0.39, 0.29) is 29.9 Å². The number of amides is 2. The molecule has 1 aromatic heterocycles. The minimum Gasteiger partial charge on any atom is -0.373 e. The van der Waals surface area contributed by atoms with Crippen LogP contribution >= 0.6 is 0 Å². The molecule has 3 atom stereocenters. The molecule has 2 N–H and O–H groups in total. The summed E-state index contributed by atoms with van der Waals surface area (Å²) in [4.78, 5) is 27.4. The largest absolute Gasteiger partial charge is 0.373 e. The first-order valence-corrected chi connectivity index (χ1v) is 10.4. The Morgan fingerprint density at radius 1 is 1.21 bits per heavy atom. The minimum atomic E-state index is -0.372. The molecule has 7 nitrogen and oxygen atoms in total. The Morgan fingerprint density at radius 3 is 2.86 bits per heavy atom. The van der Waals surface area contributed by atoms with Gasteiger partial charge in [0.15, 0.2) is 0 Å². The second-order valence-electron chi connectivity index (χ2n) is 7.88. The first-order chi connectivity index (χ1) is 14.2. The third kappa shape index (κ3) is 4.67. The van der Waals surface area contributed by atoms with Crippen molar-refractivity contribution in [1.29, 1.82) is 0 Å². The van der Waals surface area contributed by atoms with E-state index in [0.717, 1.165) is 43.4 Å². The SMILES string of the molecule is O=C(NC[C@@H]1CCCO[C@H]1c1cn[nH]c1)C1CCCN1C(=O)Cc1ccccc1. The molecule has 2 aliphatic heterocycles. The van der Waals surface area contributed by atoms with Crippen molar-refractivity contribution in [3.05, 3.63) is 53.9 Å². The third-order valence-corrected chi connectivity index (χ3v) is 5.91. The molecule has 0 radical (unpaired) electrons. The van der Waals surface area contributed by atoms with Crippen LogP contribution in [0.3, 0.4) is 0 Å². The van der Waals surface area contributed by atoms with Gasteiger partial charge in [0.1, 0.15) is 6.04 Å². The number of H-pyrrole nitrogens is 1. The highest BCUT2D eigenvalue weighted by Gasteiger charge is 2.35. The van der Waals surface area contributed by atoms with Crippen molar-refractivity contribution in [1.82, 2.24) is 20.4 Å². The number of aromatic nitrogens is 2. The number of nitrogens with one attached hydrogen (secondary N) is 2. The van der Waals surface area contributed by atoms with Crippen LogP contribution in [0.5, 0.6) is 0 Å². The predicted octanol–water partition coefficient (Wildman–Crippen LogP) is 2.23. The summed E-state index contributed by atoms with van der Waals surface area (Å²) >= 11 is 0. The van der Waals surface area contributed by atoms with Gasteiger partial charge in [0.25, 0.3) is 0 Å². The van der Waals surface area contributed by atoms with E-state index in [1.165, 1.54) is 0 Å². The molecule has 2 amide bonds. The summed E-state index contributed by atoms with van der Waals surface area (Å²) in [5.74, 6) is 0.173. The van der Waals surface area contributed by atoms with Gasteiger partial charge in [-0.2, -0.15) is 5.10 Å². The van der Waals surface area contributed by atoms with Crippen molar-refractivity contribution < 1.29 is 14.3 Å². The molecular weight excluding hydrogens is 368 g/mol. The third-order valence-electron chi connectivity index (χ3n) is 5.91. The monoisotopic (exact) mass is 396 g/mol. The van der Waals surface area contributed by atoms with Crippen molar-refractivity contribution in [2.24, 2.45) is 5.92 Å². The van der Waals surface area contributed by atoms with Gasteiger partial charge >= 0.3 is 0 Å². The van der Waals surface area contributed by atoms with Gasteiger partial charge < -0.3 is 15.0 Å². The van der Waals surface area contributed by atoms with E-state index in [1.54, 1.807) is 11.1 Å². The van der Waals surface area contributed by atoms with Gasteiger partial charge in [0, 0.05) is 37.4 Å². The maximum atomic E-state index is 12.9. The summed E-state index contributed by atoms with van der Waals surface area (Å²) in [5.41, 5.74) is 2.00. The first-order valence-electron chi connectivity index (χ1n) is 10.4. The number of benzene rings is 1. The molecule has 2 saturated heterocycles. The van der Waals surface area contributed by atoms with Crippen LogP contribution in [0.4, 0.5) is 0 Å². The Bertz CT molecular complexity index is 809. The van der Waals surface area contributed by atoms with Crippen LogP contribution in [-0.4, -0.2) is 52.6 Å². The molecule has 2 aromatic rings. The molecule has 3 heterocycles. The van der Waals surface area contributed by atoms with Crippen LogP contribution in [0.25, 0.3) is 0 Å². The molecule has 1 aromatic carbocycles. The highest BCUT2D eigenvalue weighted by Crippen LogP contribution is 2.32. The number of hydrogen-bond acceptors (Lipinski definition) is 4. The lowest BCUT2D eigenvalue weighted by atomic mass is 9.90. The van der Waals surface area contributed by atoms with Gasteiger partial charge in [0.05, 0.1) is 18.7 Å². The summed E-state index contributed by atoms with van der Waals surface area (Å²) in [6.07, 6.45) is 7.49. The van der Waals surface area contributed by atoms with E-state index in [9.17, 15) is 9.59 Å². The second-order valence-corrected chi connectivity index (χ2v) is 7.88. The summed E-state index contributed by atoms with van der Waals surface area (Å²) in [5, 5.41) is 9.94. The maximum Gasteiger partial charge on any atom is 0.242 e. The number of carbonyl (C=O) groups excluding carboxylic acids is 2. The molecule has 154 valence electrons. The molecule has 4 rings (SSSR count). The highest BCUT2D eigenvalue weighted by molar-refractivity contribution is 5.89. The van der Waals surface area contributed by atoms with Gasteiger partial charge in [-0.1, -0.05) is 30.3 Å². The van der Waals surface area contributed by atoms with Crippen molar-refractivity contribution in [3.63, 3.8) is 0 Å². The zero-order valence-corrected chi connectivity index (χ0v) is 16.5. The number of hydrogen-bond donors (Lipinski definition) is 2. The molecule has 0 aliphatic carbocycles. The summed E-state index contributed by atoms with van der Waals surface area (Å²) in [6.45, 7) is 1.92. The molecule has 1 unspecified atom stereocenters. The quantitative estimate of drug-likeness (QED) is 0.784. The molecule has 29 heavy (non-hydrogen) atoms. The molecular formula is C22H28N4O3. The molecule has 0 spiro atoms. The fraction of sp³-hybridized carbons (Fsp3) is 0.500. The van der Waals surface area contributed by atoms with E-state index in [1.807, 2.05) is 36.5 Å². The lowest BCUT2D eigenvalue weighted by Crippen LogP contribution is -2.48. The Labute approximate surface area is 170 Å². The molecule has 7 heteroatoms. The van der Waals surface area contributed by atoms with Crippen LogP contribution in [0.1, 0.15) is 42.9 Å². The van der Waals surface area contributed by atoms with Crippen LogP contribution in [-0.2, 0) is 20.7 Å². The van der Waals surface area contributed by atoms with Crippen LogP contribution in [0.15, 0.2) is 42.7 Å². The normalized spacial score (nSPS) is 24.4. The summed E-state index contributed by atoms with van der Waals surface area (Å²) in [6, 6.07) is 9.32. The predicted molar refractivity (Wildman–Crippen MR) is 108 cm³/mol. The van der Waals surface area contributed by atoms with Gasteiger partial charge in [-0.15, -0.1) is 0 Å². The maximum absolute atomic E-state index is 12.9.